The van der Waals surface area contributed by atoms with Gasteiger partial charge in [0, 0.05) is 5.69 Å². The number of carbonyl (C=O) groups is 1. The van der Waals surface area contributed by atoms with Crippen LogP contribution in [0.2, 0.25) is 0 Å². The summed E-state index contributed by atoms with van der Waals surface area (Å²) in [4.78, 5) is 12.2. The second-order valence-corrected chi connectivity index (χ2v) is 8.38. The molecule has 0 unspecified atom stereocenters. The fourth-order valence-electron chi connectivity index (χ4n) is 2.94. The van der Waals surface area contributed by atoms with E-state index in [-0.39, 0.29) is 23.5 Å². The lowest BCUT2D eigenvalue weighted by Crippen LogP contribution is -2.20. The van der Waals surface area contributed by atoms with Crippen LogP contribution in [-0.4, -0.2) is 12.5 Å². The Hall–Kier alpha value is -3.55. The van der Waals surface area contributed by atoms with E-state index in [0.29, 0.717) is 5.75 Å². The summed E-state index contributed by atoms with van der Waals surface area (Å²) in [6.07, 6.45) is -4.73. The molecule has 0 bridgehead atoms. The van der Waals surface area contributed by atoms with Crippen molar-refractivity contribution in [1.29, 1.82) is 0 Å². The third-order valence-corrected chi connectivity index (χ3v) is 4.70. The molecule has 0 spiro atoms. The van der Waals surface area contributed by atoms with Crippen molar-refractivity contribution < 1.29 is 31.8 Å². The zero-order valence-corrected chi connectivity index (χ0v) is 18.3. The summed E-state index contributed by atoms with van der Waals surface area (Å²) in [5, 5.41) is 2.39. The van der Waals surface area contributed by atoms with E-state index in [9.17, 15) is 22.4 Å². The molecule has 0 atom stereocenters. The molecule has 4 nitrogen and oxygen atoms in total. The maximum Gasteiger partial charge on any atom is 0.420 e. The highest BCUT2D eigenvalue weighted by Crippen LogP contribution is 2.39. The van der Waals surface area contributed by atoms with E-state index in [1.807, 2.05) is 12.1 Å². The first-order valence-electron chi connectivity index (χ1n) is 10.1. The van der Waals surface area contributed by atoms with E-state index in [0.717, 1.165) is 29.8 Å². The Morgan fingerprint density at radius 3 is 2.06 bits per heavy atom. The van der Waals surface area contributed by atoms with Crippen molar-refractivity contribution in [3.8, 4) is 17.2 Å². The molecule has 0 aromatic heterocycles. The molecule has 0 fully saturated rings. The number of hydrogen-bond donors (Lipinski definition) is 1. The number of benzene rings is 3. The first-order chi connectivity index (χ1) is 15.4. The lowest BCUT2D eigenvalue weighted by atomic mass is 9.87. The number of hydrogen-bond acceptors (Lipinski definition) is 3. The van der Waals surface area contributed by atoms with Crippen molar-refractivity contribution >= 4 is 11.6 Å². The van der Waals surface area contributed by atoms with E-state index in [4.69, 9.17) is 9.47 Å². The summed E-state index contributed by atoms with van der Waals surface area (Å²) in [6, 6.07) is 15.0. The summed E-state index contributed by atoms with van der Waals surface area (Å²) >= 11 is 0. The summed E-state index contributed by atoms with van der Waals surface area (Å²) in [5.41, 5.74) is -0.0747. The molecule has 0 aliphatic rings. The number of nitrogens with one attached hydrogen (secondary N) is 1. The minimum absolute atomic E-state index is 0.0291. The number of carbonyl (C=O) groups excluding carboxylic acids is 1. The molecule has 3 aromatic rings. The summed E-state index contributed by atoms with van der Waals surface area (Å²) in [7, 11) is 0. The van der Waals surface area contributed by atoms with Crippen molar-refractivity contribution in [2.45, 2.75) is 32.4 Å². The molecule has 0 heterocycles. The van der Waals surface area contributed by atoms with Gasteiger partial charge in [0.15, 0.2) is 6.61 Å². The van der Waals surface area contributed by atoms with Crippen LogP contribution < -0.4 is 14.8 Å². The fourth-order valence-corrected chi connectivity index (χ4v) is 2.94. The zero-order chi connectivity index (χ0) is 24.2. The summed E-state index contributed by atoms with van der Waals surface area (Å²) < 4.78 is 64.3. The maximum absolute atomic E-state index is 13.5. The van der Waals surface area contributed by atoms with E-state index in [2.05, 4.69) is 26.1 Å². The van der Waals surface area contributed by atoms with Crippen LogP contribution >= 0.6 is 0 Å². The lowest BCUT2D eigenvalue weighted by molar-refractivity contribution is -0.138. The van der Waals surface area contributed by atoms with Crippen LogP contribution in [0.5, 0.6) is 17.2 Å². The number of alkyl halides is 3. The first kappa shape index (κ1) is 24.1. The van der Waals surface area contributed by atoms with E-state index >= 15 is 0 Å². The largest absolute Gasteiger partial charge is 0.484 e. The highest BCUT2D eigenvalue weighted by molar-refractivity contribution is 5.92. The Kier molecular flexibility index (Phi) is 6.95. The SMILES string of the molecule is CC(C)(C)c1ccc(OCC(=O)Nc2ccc(Oc3ccc(F)cc3)c(C(F)(F)F)c2)cc1. The maximum atomic E-state index is 13.5. The smallest absolute Gasteiger partial charge is 0.420 e. The van der Waals surface area contributed by atoms with E-state index in [1.54, 1.807) is 12.1 Å². The zero-order valence-electron chi connectivity index (χ0n) is 18.3. The molecule has 1 amide bonds. The standard InChI is InChI=1S/C25H23F4NO3/c1-24(2,3)16-4-9-19(10-5-16)32-15-23(31)30-18-8-13-22(21(14-18)25(27,28)29)33-20-11-6-17(26)7-12-20/h4-14H,15H2,1-3H3,(H,30,31). The number of anilines is 1. The van der Waals surface area contributed by atoms with E-state index in [1.165, 1.54) is 18.2 Å². The fraction of sp³-hybridized carbons (Fsp3) is 0.240. The molecule has 0 radical (unpaired) electrons. The number of halogens is 4. The van der Waals surface area contributed by atoms with Gasteiger partial charge in [0.2, 0.25) is 0 Å². The topological polar surface area (TPSA) is 47.6 Å². The van der Waals surface area contributed by atoms with Crippen molar-refractivity contribution in [2.75, 3.05) is 11.9 Å². The summed E-state index contributed by atoms with van der Waals surface area (Å²) in [6.45, 7) is 5.84. The van der Waals surface area contributed by atoms with Gasteiger partial charge in [0.05, 0.1) is 0 Å². The lowest BCUT2D eigenvalue weighted by Gasteiger charge is -2.19. The van der Waals surface area contributed by atoms with Crippen LogP contribution in [0, 0.1) is 5.82 Å². The molecular formula is C25H23F4NO3. The van der Waals surface area contributed by atoms with Gasteiger partial charge >= 0.3 is 6.18 Å². The Balaban J connectivity index is 1.67. The van der Waals surface area contributed by atoms with Crippen LogP contribution in [0.3, 0.4) is 0 Å². The number of ether oxygens (including phenoxy) is 2. The molecule has 174 valence electrons. The summed E-state index contributed by atoms with van der Waals surface area (Å²) in [5.74, 6) is -1.11. The van der Waals surface area contributed by atoms with Gasteiger partial charge in [0.1, 0.15) is 28.6 Å². The van der Waals surface area contributed by atoms with Crippen molar-refractivity contribution in [3.63, 3.8) is 0 Å². The van der Waals surface area contributed by atoms with Gasteiger partial charge in [-0.3, -0.25) is 4.79 Å². The Morgan fingerprint density at radius 1 is 0.879 bits per heavy atom. The Labute approximate surface area is 189 Å². The van der Waals surface area contributed by atoms with Crippen molar-refractivity contribution in [3.05, 3.63) is 83.7 Å². The third-order valence-electron chi connectivity index (χ3n) is 4.70. The minimum Gasteiger partial charge on any atom is -0.484 e. The quantitative estimate of drug-likeness (QED) is 0.404. The van der Waals surface area contributed by atoms with Gasteiger partial charge in [-0.05, 0) is 65.6 Å². The molecule has 0 aliphatic carbocycles. The minimum atomic E-state index is -4.73. The van der Waals surface area contributed by atoms with Crippen molar-refractivity contribution in [2.24, 2.45) is 0 Å². The van der Waals surface area contributed by atoms with Gasteiger partial charge in [-0.2, -0.15) is 13.2 Å². The predicted octanol–water partition coefficient (Wildman–Crippen LogP) is 6.95. The highest BCUT2D eigenvalue weighted by Gasteiger charge is 2.35. The monoisotopic (exact) mass is 461 g/mol. The number of amides is 1. The molecule has 0 aliphatic heterocycles. The first-order valence-corrected chi connectivity index (χ1v) is 10.1. The van der Waals surface area contributed by atoms with Crippen LogP contribution in [0.1, 0.15) is 31.9 Å². The molecule has 0 saturated carbocycles. The van der Waals surface area contributed by atoms with Crippen LogP contribution in [0.15, 0.2) is 66.7 Å². The number of rotatable bonds is 6. The molecule has 3 aromatic carbocycles. The molecule has 33 heavy (non-hydrogen) atoms. The second kappa shape index (κ2) is 9.52. The average molecular weight is 461 g/mol. The molecule has 0 saturated heterocycles. The Bertz CT molecular complexity index is 1100. The van der Waals surface area contributed by atoms with Gasteiger partial charge in [-0.15, -0.1) is 0 Å². The van der Waals surface area contributed by atoms with Gasteiger partial charge in [0.25, 0.3) is 5.91 Å². The van der Waals surface area contributed by atoms with Gasteiger partial charge in [-0.25, -0.2) is 4.39 Å². The predicted molar refractivity (Wildman–Crippen MR) is 117 cm³/mol. The molecular weight excluding hydrogens is 438 g/mol. The third kappa shape index (κ3) is 6.71. The van der Waals surface area contributed by atoms with Crippen LogP contribution in [-0.2, 0) is 16.4 Å². The Morgan fingerprint density at radius 2 is 1.48 bits per heavy atom. The molecule has 3 rings (SSSR count). The van der Waals surface area contributed by atoms with Crippen LogP contribution in [0.4, 0.5) is 23.2 Å². The van der Waals surface area contributed by atoms with Gasteiger partial charge < -0.3 is 14.8 Å². The second-order valence-electron chi connectivity index (χ2n) is 8.38. The normalized spacial score (nSPS) is 11.7. The van der Waals surface area contributed by atoms with E-state index < -0.39 is 29.2 Å². The van der Waals surface area contributed by atoms with Crippen molar-refractivity contribution in [1.82, 2.24) is 0 Å². The molecule has 1 N–H and O–H groups in total. The van der Waals surface area contributed by atoms with Crippen LogP contribution in [0.25, 0.3) is 0 Å². The highest BCUT2D eigenvalue weighted by atomic mass is 19.4. The molecule has 8 heteroatoms. The van der Waals surface area contributed by atoms with Gasteiger partial charge in [-0.1, -0.05) is 32.9 Å². The average Bonchev–Trinajstić information content (AvgIpc) is 2.74.